The second-order valence-corrected chi connectivity index (χ2v) is 6.04. The molecule has 1 saturated carbocycles. The number of rotatable bonds is 2. The van der Waals surface area contributed by atoms with Crippen LogP contribution in [0.2, 0.25) is 0 Å². The van der Waals surface area contributed by atoms with E-state index in [1.54, 1.807) is 0 Å². The van der Waals surface area contributed by atoms with E-state index in [2.05, 4.69) is 19.2 Å². The van der Waals surface area contributed by atoms with Crippen LogP contribution < -0.4 is 5.32 Å². The van der Waals surface area contributed by atoms with Crippen LogP contribution >= 0.6 is 0 Å². The molecule has 3 heteroatoms. The Morgan fingerprint density at radius 2 is 2.18 bits per heavy atom. The zero-order valence-corrected chi connectivity index (χ0v) is 11.3. The van der Waals surface area contributed by atoms with Crippen molar-refractivity contribution in [2.45, 2.75) is 39.5 Å². The molecular weight excluding hydrogens is 214 g/mol. The number of carbonyl (C=O) groups excluding carboxylic acids is 1. The maximum atomic E-state index is 12.0. The normalized spacial score (nSPS) is 37.6. The zero-order valence-electron chi connectivity index (χ0n) is 11.3. The summed E-state index contributed by atoms with van der Waals surface area (Å²) in [6.07, 6.45) is 5.03. The van der Waals surface area contributed by atoms with Crippen molar-refractivity contribution in [3.05, 3.63) is 0 Å². The SMILES string of the molecule is COC(=O)C1CNCC12CCCCC2C(C)C. The maximum absolute atomic E-state index is 12.0. The first-order chi connectivity index (χ1) is 8.12. The maximum Gasteiger partial charge on any atom is 0.310 e. The van der Waals surface area contributed by atoms with Gasteiger partial charge >= 0.3 is 5.97 Å². The molecule has 0 radical (unpaired) electrons. The van der Waals surface area contributed by atoms with Gasteiger partial charge in [-0.2, -0.15) is 0 Å². The molecule has 1 N–H and O–H groups in total. The van der Waals surface area contributed by atoms with Crippen molar-refractivity contribution in [2.24, 2.45) is 23.2 Å². The molecule has 3 unspecified atom stereocenters. The van der Waals surface area contributed by atoms with Gasteiger partial charge in [-0.15, -0.1) is 0 Å². The average molecular weight is 239 g/mol. The largest absolute Gasteiger partial charge is 0.469 e. The lowest BCUT2D eigenvalue weighted by atomic mass is 9.58. The highest BCUT2D eigenvalue weighted by Crippen LogP contribution is 2.51. The highest BCUT2D eigenvalue weighted by molar-refractivity contribution is 5.74. The Bertz CT molecular complexity index is 290. The first-order valence-corrected chi connectivity index (χ1v) is 6.90. The lowest BCUT2D eigenvalue weighted by Gasteiger charge is -2.46. The molecule has 2 rings (SSSR count). The highest BCUT2D eigenvalue weighted by Gasteiger charge is 2.53. The van der Waals surface area contributed by atoms with Gasteiger partial charge < -0.3 is 10.1 Å². The minimum Gasteiger partial charge on any atom is -0.469 e. The molecule has 17 heavy (non-hydrogen) atoms. The Hall–Kier alpha value is -0.570. The quantitative estimate of drug-likeness (QED) is 0.751. The third-order valence-electron chi connectivity index (χ3n) is 4.93. The van der Waals surface area contributed by atoms with Gasteiger partial charge in [0.05, 0.1) is 13.0 Å². The van der Waals surface area contributed by atoms with E-state index in [0.717, 1.165) is 13.1 Å². The van der Waals surface area contributed by atoms with Crippen molar-refractivity contribution in [3.8, 4) is 0 Å². The molecule has 0 bridgehead atoms. The number of carbonyl (C=O) groups is 1. The van der Waals surface area contributed by atoms with Crippen LogP contribution in [0.1, 0.15) is 39.5 Å². The Kier molecular flexibility index (Phi) is 3.76. The number of hydrogen-bond acceptors (Lipinski definition) is 3. The molecule has 3 atom stereocenters. The monoisotopic (exact) mass is 239 g/mol. The van der Waals surface area contributed by atoms with Gasteiger partial charge in [0.25, 0.3) is 0 Å². The number of nitrogens with one attached hydrogen (secondary N) is 1. The van der Waals surface area contributed by atoms with Crippen molar-refractivity contribution in [2.75, 3.05) is 20.2 Å². The van der Waals surface area contributed by atoms with Gasteiger partial charge in [-0.3, -0.25) is 4.79 Å². The van der Waals surface area contributed by atoms with Gasteiger partial charge in [0.2, 0.25) is 0 Å². The van der Waals surface area contributed by atoms with Crippen LogP contribution in [-0.2, 0) is 9.53 Å². The predicted molar refractivity (Wildman–Crippen MR) is 67.6 cm³/mol. The van der Waals surface area contributed by atoms with Crippen molar-refractivity contribution in [1.29, 1.82) is 0 Å². The van der Waals surface area contributed by atoms with Crippen molar-refractivity contribution in [3.63, 3.8) is 0 Å². The van der Waals surface area contributed by atoms with Crippen LogP contribution in [0.4, 0.5) is 0 Å². The Morgan fingerprint density at radius 3 is 2.82 bits per heavy atom. The molecule has 0 amide bonds. The van der Waals surface area contributed by atoms with E-state index in [9.17, 15) is 4.79 Å². The van der Waals surface area contributed by atoms with Gasteiger partial charge in [-0.05, 0) is 24.7 Å². The molecule has 1 heterocycles. The van der Waals surface area contributed by atoms with Crippen LogP contribution in [0.5, 0.6) is 0 Å². The number of esters is 1. The molecule has 1 spiro atoms. The Labute approximate surface area is 104 Å². The molecule has 2 aliphatic rings. The molecule has 1 aliphatic heterocycles. The summed E-state index contributed by atoms with van der Waals surface area (Å²) in [5.74, 6) is 1.38. The summed E-state index contributed by atoms with van der Waals surface area (Å²) in [6, 6.07) is 0. The first kappa shape index (κ1) is 12.9. The number of ether oxygens (including phenoxy) is 1. The fourth-order valence-electron chi connectivity index (χ4n) is 4.18. The lowest BCUT2D eigenvalue weighted by Crippen LogP contribution is -2.46. The summed E-state index contributed by atoms with van der Waals surface area (Å²) in [7, 11) is 1.52. The van der Waals surface area contributed by atoms with E-state index in [-0.39, 0.29) is 17.3 Å². The van der Waals surface area contributed by atoms with Crippen molar-refractivity contribution < 1.29 is 9.53 Å². The second kappa shape index (κ2) is 4.97. The molecule has 2 fully saturated rings. The van der Waals surface area contributed by atoms with Crippen molar-refractivity contribution >= 4 is 5.97 Å². The van der Waals surface area contributed by atoms with E-state index in [0.29, 0.717) is 11.8 Å². The summed E-state index contributed by atoms with van der Waals surface area (Å²) in [5, 5.41) is 3.43. The minimum atomic E-state index is -0.0115. The second-order valence-electron chi connectivity index (χ2n) is 6.04. The average Bonchev–Trinajstić information content (AvgIpc) is 2.72. The standard InChI is InChI=1S/C14H25NO2/c1-10(2)11-6-4-5-7-14(11)9-15-8-12(14)13(16)17-3/h10-12,15H,4-9H2,1-3H3. The van der Waals surface area contributed by atoms with Gasteiger partial charge in [-0.25, -0.2) is 0 Å². The summed E-state index contributed by atoms with van der Waals surface area (Å²) in [6.45, 7) is 6.39. The minimum absolute atomic E-state index is 0.0115. The molecule has 1 saturated heterocycles. The molecular formula is C14H25NO2. The zero-order chi connectivity index (χ0) is 12.5. The molecule has 0 aromatic heterocycles. The van der Waals surface area contributed by atoms with Gasteiger partial charge in [0.15, 0.2) is 0 Å². The molecule has 3 nitrogen and oxygen atoms in total. The molecule has 1 aliphatic carbocycles. The number of methoxy groups -OCH3 is 1. The first-order valence-electron chi connectivity index (χ1n) is 6.90. The van der Waals surface area contributed by atoms with Crippen LogP contribution in [-0.4, -0.2) is 26.2 Å². The third-order valence-corrected chi connectivity index (χ3v) is 4.93. The fourth-order valence-corrected chi connectivity index (χ4v) is 4.18. The summed E-state index contributed by atoms with van der Waals surface area (Å²) in [5.41, 5.74) is 0.166. The van der Waals surface area contributed by atoms with Crippen molar-refractivity contribution in [1.82, 2.24) is 5.32 Å². The summed E-state index contributed by atoms with van der Waals surface area (Å²) in [4.78, 5) is 12.0. The van der Waals surface area contributed by atoms with E-state index in [4.69, 9.17) is 4.74 Å². The van der Waals surface area contributed by atoms with Crippen LogP contribution in [0.15, 0.2) is 0 Å². The fraction of sp³-hybridized carbons (Fsp3) is 0.929. The van der Waals surface area contributed by atoms with Crippen LogP contribution in [0, 0.1) is 23.2 Å². The topological polar surface area (TPSA) is 38.3 Å². The smallest absolute Gasteiger partial charge is 0.310 e. The van der Waals surface area contributed by atoms with E-state index < -0.39 is 0 Å². The predicted octanol–water partition coefficient (Wildman–Crippen LogP) is 2.21. The molecule has 0 aromatic carbocycles. The van der Waals surface area contributed by atoms with Gasteiger partial charge in [-0.1, -0.05) is 26.7 Å². The van der Waals surface area contributed by atoms with E-state index >= 15 is 0 Å². The van der Waals surface area contributed by atoms with E-state index in [1.165, 1.54) is 32.8 Å². The Balaban J connectivity index is 2.26. The molecule has 98 valence electrons. The third kappa shape index (κ3) is 2.10. The van der Waals surface area contributed by atoms with Gasteiger partial charge in [0.1, 0.15) is 0 Å². The van der Waals surface area contributed by atoms with Crippen LogP contribution in [0.25, 0.3) is 0 Å². The van der Waals surface area contributed by atoms with Crippen LogP contribution in [0.3, 0.4) is 0 Å². The number of hydrogen-bond donors (Lipinski definition) is 1. The van der Waals surface area contributed by atoms with E-state index in [1.807, 2.05) is 0 Å². The summed E-state index contributed by atoms with van der Waals surface area (Å²) < 4.78 is 5.01. The Morgan fingerprint density at radius 1 is 1.41 bits per heavy atom. The molecule has 0 aromatic rings. The summed E-state index contributed by atoms with van der Waals surface area (Å²) >= 11 is 0. The van der Waals surface area contributed by atoms with Gasteiger partial charge in [0, 0.05) is 18.5 Å². The lowest BCUT2D eigenvalue weighted by molar-refractivity contribution is -0.151. The highest BCUT2D eigenvalue weighted by atomic mass is 16.5.